The maximum atomic E-state index is 4.60. The van der Waals surface area contributed by atoms with Crippen molar-refractivity contribution in [2.45, 2.75) is 26.2 Å². The highest BCUT2D eigenvalue weighted by atomic mass is 15.3. The highest BCUT2D eigenvalue weighted by Gasteiger charge is 2.13. The Balaban J connectivity index is 1.55. The molecule has 0 saturated carbocycles. The fraction of sp³-hybridized carbons (Fsp3) is 0.222. The van der Waals surface area contributed by atoms with Crippen LogP contribution in [0.2, 0.25) is 0 Å². The first kappa shape index (κ1) is 14.2. The summed E-state index contributed by atoms with van der Waals surface area (Å²) in [6.45, 7) is 3.06. The van der Waals surface area contributed by atoms with Crippen LogP contribution in [-0.2, 0) is 26.2 Å². The Labute approximate surface area is 144 Å². The zero-order valence-electron chi connectivity index (χ0n) is 13.8. The third-order valence-corrected chi connectivity index (χ3v) is 4.45. The van der Waals surface area contributed by atoms with Crippen molar-refractivity contribution in [2.24, 2.45) is 0 Å². The van der Waals surface area contributed by atoms with Crippen molar-refractivity contribution in [2.75, 3.05) is 0 Å². The predicted octanol–water partition coefficient (Wildman–Crippen LogP) is 0.489. The van der Waals surface area contributed by atoms with Gasteiger partial charge in [-0.25, -0.2) is 23.3 Å². The summed E-state index contributed by atoms with van der Waals surface area (Å²) in [5.41, 5.74) is 2.60. The molecule has 1 N–H and O–H groups in total. The average Bonchev–Trinajstić information content (AvgIpc) is 3.31. The highest BCUT2D eigenvalue weighted by Crippen LogP contribution is 2.06. The lowest BCUT2D eigenvalue weighted by molar-refractivity contribution is -0.688. The van der Waals surface area contributed by atoms with Gasteiger partial charge in [-0.2, -0.15) is 5.10 Å². The normalized spacial score (nSPS) is 13.8. The summed E-state index contributed by atoms with van der Waals surface area (Å²) >= 11 is 0. The molecule has 1 aliphatic heterocycles. The number of nitrogens with one attached hydrogen (secondary N) is 1. The summed E-state index contributed by atoms with van der Waals surface area (Å²) in [6.07, 6.45) is 12.5. The summed E-state index contributed by atoms with van der Waals surface area (Å²) in [5, 5.41) is 7.38. The molecule has 7 heteroatoms. The van der Waals surface area contributed by atoms with Crippen molar-refractivity contribution >= 4 is 0 Å². The van der Waals surface area contributed by atoms with Gasteiger partial charge in [0.25, 0.3) is 0 Å². The van der Waals surface area contributed by atoms with Crippen LogP contribution in [0.5, 0.6) is 0 Å². The van der Waals surface area contributed by atoms with Gasteiger partial charge in [0.2, 0.25) is 12.7 Å². The maximum Gasteiger partial charge on any atom is 0.244 e. The third kappa shape index (κ3) is 2.96. The van der Waals surface area contributed by atoms with Crippen molar-refractivity contribution in [1.29, 1.82) is 0 Å². The van der Waals surface area contributed by atoms with Crippen molar-refractivity contribution in [3.63, 3.8) is 0 Å². The molecule has 0 atom stereocenters. The number of nitrogens with zero attached hydrogens (tertiary/aromatic N) is 6. The molecule has 25 heavy (non-hydrogen) atoms. The molecule has 3 aromatic heterocycles. The van der Waals surface area contributed by atoms with Gasteiger partial charge in [0.05, 0.1) is 0 Å². The standard InChI is InChI=1S/C18H19N7/c1-2-15-8-16(3-1)10-23-5-7-25(14-23)12-18-19-17(20-21-18)11-24-6-4-22(9-15)13-24/h1-8,13-14H,9-12H2,(H,19,20,21)/q+2. The van der Waals surface area contributed by atoms with Gasteiger partial charge in [0, 0.05) is 0 Å². The molecular formula is C18H19N7+2. The van der Waals surface area contributed by atoms with E-state index in [0.29, 0.717) is 13.1 Å². The lowest BCUT2D eigenvalue weighted by Crippen LogP contribution is -2.33. The third-order valence-electron chi connectivity index (χ3n) is 4.45. The van der Waals surface area contributed by atoms with Crippen LogP contribution in [0.25, 0.3) is 0 Å². The molecule has 0 radical (unpaired) electrons. The summed E-state index contributed by atoms with van der Waals surface area (Å²) < 4.78 is 8.59. The summed E-state index contributed by atoms with van der Waals surface area (Å²) in [4.78, 5) is 4.60. The second-order valence-corrected chi connectivity index (χ2v) is 6.53. The van der Waals surface area contributed by atoms with Crippen molar-refractivity contribution in [1.82, 2.24) is 24.3 Å². The first-order valence-electron chi connectivity index (χ1n) is 8.38. The molecule has 0 saturated heterocycles. The van der Waals surface area contributed by atoms with Crippen LogP contribution >= 0.6 is 0 Å². The van der Waals surface area contributed by atoms with Crippen LogP contribution in [0.15, 0.2) is 61.7 Å². The molecule has 4 heterocycles. The zero-order chi connectivity index (χ0) is 16.6. The van der Waals surface area contributed by atoms with Gasteiger partial charge in [0.1, 0.15) is 44.4 Å². The van der Waals surface area contributed by atoms with Crippen LogP contribution in [0, 0.1) is 0 Å². The highest BCUT2D eigenvalue weighted by molar-refractivity contribution is 5.22. The molecule has 1 aliphatic rings. The molecule has 0 amide bonds. The number of hydrogen-bond acceptors (Lipinski definition) is 2. The molecule has 8 bridgehead atoms. The quantitative estimate of drug-likeness (QED) is 0.419. The van der Waals surface area contributed by atoms with E-state index in [1.807, 2.05) is 0 Å². The fourth-order valence-electron chi connectivity index (χ4n) is 3.31. The van der Waals surface area contributed by atoms with Gasteiger partial charge in [-0.3, -0.25) is 5.10 Å². The molecule has 0 spiro atoms. The SMILES string of the molecule is c1cc2cc(c1)C[n+]1ccn(c1)Cc1nc(n[nH]1)Cn1cc[n+](c1)C2. The Morgan fingerprint density at radius 1 is 0.920 bits per heavy atom. The Bertz CT molecular complexity index is 947. The van der Waals surface area contributed by atoms with Gasteiger partial charge in [-0.05, 0) is 17.2 Å². The summed E-state index contributed by atoms with van der Waals surface area (Å²) in [7, 11) is 0. The van der Waals surface area contributed by atoms with E-state index in [1.165, 1.54) is 11.1 Å². The second kappa shape index (κ2) is 5.70. The van der Waals surface area contributed by atoms with Crippen molar-refractivity contribution in [3.8, 4) is 0 Å². The summed E-state index contributed by atoms with van der Waals surface area (Å²) in [6, 6.07) is 8.76. The number of rotatable bonds is 0. The number of fused-ring (bicyclic) bond motifs is 8. The van der Waals surface area contributed by atoms with Gasteiger partial charge >= 0.3 is 0 Å². The van der Waals surface area contributed by atoms with E-state index < -0.39 is 0 Å². The number of hydrogen-bond donors (Lipinski definition) is 1. The van der Waals surface area contributed by atoms with E-state index in [2.05, 4.69) is 95.2 Å². The van der Waals surface area contributed by atoms with Gasteiger partial charge in [0.15, 0.2) is 18.2 Å². The minimum Gasteiger partial charge on any atom is -0.260 e. The summed E-state index contributed by atoms with van der Waals surface area (Å²) in [5.74, 6) is 1.67. The molecular weight excluding hydrogens is 314 g/mol. The zero-order valence-corrected chi connectivity index (χ0v) is 13.8. The van der Waals surface area contributed by atoms with E-state index >= 15 is 0 Å². The van der Waals surface area contributed by atoms with Gasteiger partial charge < -0.3 is 0 Å². The van der Waals surface area contributed by atoms with E-state index in [-0.39, 0.29) is 0 Å². The molecule has 124 valence electrons. The first-order chi connectivity index (χ1) is 12.3. The number of imidazole rings is 2. The monoisotopic (exact) mass is 333 g/mol. The molecule has 0 fully saturated rings. The largest absolute Gasteiger partial charge is 0.260 e. The van der Waals surface area contributed by atoms with Gasteiger partial charge in [-0.15, -0.1) is 0 Å². The first-order valence-corrected chi connectivity index (χ1v) is 8.38. The second-order valence-electron chi connectivity index (χ2n) is 6.53. The Morgan fingerprint density at radius 3 is 2.32 bits per heavy atom. The van der Waals surface area contributed by atoms with Crippen LogP contribution in [-0.4, -0.2) is 24.3 Å². The number of aromatic amines is 1. The minimum absolute atomic E-state index is 0.662. The van der Waals surface area contributed by atoms with Crippen LogP contribution in [0.3, 0.4) is 0 Å². The Morgan fingerprint density at radius 2 is 1.60 bits per heavy atom. The minimum atomic E-state index is 0.662. The number of H-pyrrole nitrogens is 1. The van der Waals surface area contributed by atoms with Crippen LogP contribution < -0.4 is 9.13 Å². The smallest absolute Gasteiger partial charge is 0.244 e. The van der Waals surface area contributed by atoms with E-state index in [9.17, 15) is 0 Å². The molecule has 4 aromatic rings. The lowest BCUT2D eigenvalue weighted by atomic mass is 10.1. The van der Waals surface area contributed by atoms with E-state index in [1.54, 1.807) is 0 Å². The van der Waals surface area contributed by atoms with Gasteiger partial charge in [-0.1, -0.05) is 18.2 Å². The molecule has 5 rings (SSSR count). The van der Waals surface area contributed by atoms with E-state index in [4.69, 9.17) is 0 Å². The maximum absolute atomic E-state index is 4.60. The van der Waals surface area contributed by atoms with Crippen LogP contribution in [0.1, 0.15) is 22.8 Å². The number of benzene rings is 1. The lowest BCUT2D eigenvalue weighted by Gasteiger charge is -2.02. The predicted molar refractivity (Wildman–Crippen MR) is 88.5 cm³/mol. The van der Waals surface area contributed by atoms with Crippen molar-refractivity contribution < 1.29 is 9.13 Å². The Kier molecular flexibility index (Phi) is 3.22. The van der Waals surface area contributed by atoms with Crippen molar-refractivity contribution in [3.05, 3.63) is 84.5 Å². The molecule has 0 unspecified atom stereocenters. The number of aromatic nitrogens is 7. The average molecular weight is 333 g/mol. The van der Waals surface area contributed by atoms with E-state index in [0.717, 1.165) is 24.7 Å². The molecule has 7 nitrogen and oxygen atoms in total. The topological polar surface area (TPSA) is 59.2 Å². The molecule has 0 aliphatic carbocycles. The fourth-order valence-corrected chi connectivity index (χ4v) is 3.31. The van der Waals surface area contributed by atoms with Crippen LogP contribution in [0.4, 0.5) is 0 Å². The molecule has 1 aromatic carbocycles. The Hall–Kier alpha value is -3.22.